The first-order valence-electron chi connectivity index (χ1n) is 10.0. The van der Waals surface area contributed by atoms with Gasteiger partial charge < -0.3 is 14.0 Å². The van der Waals surface area contributed by atoms with Gasteiger partial charge in [0, 0.05) is 6.42 Å². The van der Waals surface area contributed by atoms with Crippen molar-refractivity contribution in [1.82, 2.24) is 0 Å². The van der Waals surface area contributed by atoms with Gasteiger partial charge in [0.15, 0.2) is 0 Å². The molecule has 2 aromatic carbocycles. The van der Waals surface area contributed by atoms with Crippen LogP contribution in [0.15, 0.2) is 60.3 Å². The zero-order chi connectivity index (χ0) is 22.9. The largest absolute Gasteiger partial charge is 0.525 e. The molecule has 0 aromatic heterocycles. The van der Waals surface area contributed by atoms with E-state index in [0.717, 1.165) is 12.1 Å². The minimum Gasteiger partial charge on any atom is -0.493 e. The minimum atomic E-state index is -4.47. The summed E-state index contributed by atoms with van der Waals surface area (Å²) >= 11 is 0. The topological polar surface area (TPSA) is 27.7 Å². The molecule has 0 aliphatic carbocycles. The second-order valence-corrected chi connectivity index (χ2v) is 8.40. The number of para-hydroxylation sites is 1. The van der Waals surface area contributed by atoms with E-state index in [1.54, 1.807) is 39.8 Å². The number of alkyl halides is 3. The Hall–Kier alpha value is -2.32. The van der Waals surface area contributed by atoms with E-state index < -0.39 is 35.8 Å². The van der Waals surface area contributed by atoms with Crippen molar-refractivity contribution in [2.75, 3.05) is 6.61 Å². The summed E-state index contributed by atoms with van der Waals surface area (Å²) in [5.74, 6) is 0.616. The Morgan fingerprint density at radius 2 is 1.45 bits per heavy atom. The van der Waals surface area contributed by atoms with E-state index in [-0.39, 0.29) is 18.6 Å². The number of rotatable bonds is 6. The summed E-state index contributed by atoms with van der Waals surface area (Å²) in [7, 11) is -1.25. The fourth-order valence-electron chi connectivity index (χ4n) is 3.14. The second-order valence-electron chi connectivity index (χ2n) is 8.40. The van der Waals surface area contributed by atoms with E-state index in [2.05, 4.69) is 0 Å². The van der Waals surface area contributed by atoms with Gasteiger partial charge in [-0.25, -0.2) is 4.39 Å². The molecule has 0 saturated carbocycles. The maximum atomic E-state index is 15.6. The number of benzene rings is 2. The Labute approximate surface area is 180 Å². The zero-order valence-electron chi connectivity index (χ0n) is 17.9. The van der Waals surface area contributed by atoms with Crippen LogP contribution < -0.4 is 4.74 Å². The molecule has 1 heterocycles. The number of hydrogen-bond donors (Lipinski definition) is 0. The van der Waals surface area contributed by atoms with Crippen molar-refractivity contribution in [2.24, 2.45) is 0 Å². The van der Waals surface area contributed by atoms with E-state index in [0.29, 0.717) is 11.3 Å². The molecule has 2 aromatic rings. The predicted octanol–water partition coefficient (Wildman–Crippen LogP) is 6.49. The molecule has 0 atom stereocenters. The molecule has 3 rings (SSSR count). The van der Waals surface area contributed by atoms with Gasteiger partial charge in [0.05, 0.1) is 23.4 Å². The van der Waals surface area contributed by atoms with Crippen LogP contribution in [0.25, 0.3) is 5.57 Å². The van der Waals surface area contributed by atoms with Crippen molar-refractivity contribution in [2.45, 2.75) is 51.5 Å². The van der Waals surface area contributed by atoms with Gasteiger partial charge in [0.1, 0.15) is 11.5 Å². The highest BCUT2D eigenvalue weighted by Crippen LogP contribution is 2.41. The van der Waals surface area contributed by atoms with Gasteiger partial charge in [-0.05, 0) is 63.1 Å². The van der Waals surface area contributed by atoms with Crippen LogP contribution in [0, 0.1) is 0 Å². The quantitative estimate of drug-likeness (QED) is 0.383. The summed E-state index contributed by atoms with van der Waals surface area (Å²) < 4.78 is 71.6. The van der Waals surface area contributed by atoms with Gasteiger partial charge in [-0.2, -0.15) is 13.2 Å². The first kappa shape index (κ1) is 23.4. The summed E-state index contributed by atoms with van der Waals surface area (Å²) in [4.78, 5) is 0. The van der Waals surface area contributed by atoms with E-state index in [9.17, 15) is 13.2 Å². The first-order chi connectivity index (χ1) is 14.4. The maximum absolute atomic E-state index is 15.6. The lowest BCUT2D eigenvalue weighted by atomic mass is 9.81. The maximum Gasteiger partial charge on any atom is 0.525 e. The van der Waals surface area contributed by atoms with Crippen LogP contribution >= 0.6 is 0 Å². The Balaban J connectivity index is 1.89. The lowest BCUT2D eigenvalue weighted by molar-refractivity contribution is -0.137. The van der Waals surface area contributed by atoms with Crippen molar-refractivity contribution < 1.29 is 31.6 Å². The van der Waals surface area contributed by atoms with E-state index in [1.165, 1.54) is 12.1 Å². The molecular formula is C23H25BF4O3. The smallest absolute Gasteiger partial charge is 0.493 e. The molecule has 3 nitrogen and oxygen atoms in total. The zero-order valence-corrected chi connectivity index (χ0v) is 17.9. The van der Waals surface area contributed by atoms with Crippen LogP contribution in [0.1, 0.15) is 45.2 Å². The van der Waals surface area contributed by atoms with Crippen molar-refractivity contribution in [3.05, 3.63) is 71.5 Å². The Bertz CT molecular complexity index is 906. The van der Waals surface area contributed by atoms with Gasteiger partial charge in [0.2, 0.25) is 0 Å². The molecule has 1 saturated heterocycles. The molecule has 1 fully saturated rings. The van der Waals surface area contributed by atoms with Crippen LogP contribution in [0.4, 0.5) is 17.6 Å². The molecule has 1 aliphatic rings. The molecule has 31 heavy (non-hydrogen) atoms. The SMILES string of the molecule is CC1(C)OB(C(F)=C(CCOc2ccccc2)c2ccc(C(F)(F)F)cc2)OC1(C)C. The molecule has 166 valence electrons. The normalized spacial score (nSPS) is 18.6. The molecular weight excluding hydrogens is 411 g/mol. The van der Waals surface area contributed by atoms with Crippen molar-refractivity contribution >= 4 is 12.7 Å². The molecule has 0 spiro atoms. The third-order valence-corrected chi connectivity index (χ3v) is 5.67. The van der Waals surface area contributed by atoms with Gasteiger partial charge in [0.25, 0.3) is 0 Å². The van der Waals surface area contributed by atoms with E-state index >= 15 is 4.39 Å². The van der Waals surface area contributed by atoms with E-state index in [1.807, 2.05) is 18.2 Å². The number of ether oxygens (including phenoxy) is 1. The number of halogens is 4. The standard InChI is InChI=1S/C23H25BF4O3/c1-21(2)22(3,4)31-24(30-21)20(25)19(14-15-29-18-8-6-5-7-9-18)16-10-12-17(13-11-16)23(26,27)28/h5-13H,14-15H2,1-4H3. The van der Waals surface area contributed by atoms with Crippen molar-refractivity contribution in [3.8, 4) is 5.75 Å². The van der Waals surface area contributed by atoms with Crippen LogP contribution in [-0.2, 0) is 15.5 Å². The lowest BCUT2D eigenvalue weighted by Gasteiger charge is -2.32. The molecule has 1 aliphatic heterocycles. The first-order valence-corrected chi connectivity index (χ1v) is 10.0. The summed E-state index contributed by atoms with van der Waals surface area (Å²) in [6.07, 6.45) is -4.35. The molecule has 0 amide bonds. The third kappa shape index (κ3) is 5.30. The fraction of sp³-hybridized carbons (Fsp3) is 0.391. The van der Waals surface area contributed by atoms with Gasteiger partial charge in [-0.3, -0.25) is 0 Å². The van der Waals surface area contributed by atoms with Crippen LogP contribution in [-0.4, -0.2) is 24.9 Å². The van der Waals surface area contributed by atoms with Crippen molar-refractivity contribution in [3.63, 3.8) is 0 Å². The Kier molecular flexibility index (Phi) is 6.53. The molecule has 0 unspecified atom stereocenters. The van der Waals surface area contributed by atoms with Crippen LogP contribution in [0.3, 0.4) is 0 Å². The molecule has 0 radical (unpaired) electrons. The summed E-state index contributed by atoms with van der Waals surface area (Å²) in [6, 6.07) is 13.4. The monoisotopic (exact) mass is 436 g/mol. The predicted molar refractivity (Wildman–Crippen MR) is 112 cm³/mol. The molecule has 0 N–H and O–H groups in total. The minimum absolute atomic E-state index is 0.121. The Morgan fingerprint density at radius 1 is 0.903 bits per heavy atom. The highest BCUT2D eigenvalue weighted by atomic mass is 19.4. The van der Waals surface area contributed by atoms with Crippen LogP contribution in [0.5, 0.6) is 5.75 Å². The highest BCUT2D eigenvalue weighted by molar-refractivity contribution is 6.55. The Morgan fingerprint density at radius 3 is 1.97 bits per heavy atom. The highest BCUT2D eigenvalue weighted by Gasteiger charge is 2.53. The summed E-state index contributed by atoms with van der Waals surface area (Å²) in [5, 5.41) is 0. The lowest BCUT2D eigenvalue weighted by Crippen LogP contribution is -2.41. The second kappa shape index (κ2) is 8.67. The van der Waals surface area contributed by atoms with E-state index in [4.69, 9.17) is 14.0 Å². The fourth-order valence-corrected chi connectivity index (χ4v) is 3.14. The van der Waals surface area contributed by atoms with Crippen molar-refractivity contribution in [1.29, 1.82) is 0 Å². The molecule has 0 bridgehead atoms. The summed E-state index contributed by atoms with van der Waals surface area (Å²) in [5.41, 5.74) is -2.47. The summed E-state index contributed by atoms with van der Waals surface area (Å²) in [6.45, 7) is 7.34. The van der Waals surface area contributed by atoms with Gasteiger partial charge in [-0.1, -0.05) is 30.3 Å². The average molecular weight is 436 g/mol. The van der Waals surface area contributed by atoms with Gasteiger partial charge in [-0.15, -0.1) is 0 Å². The van der Waals surface area contributed by atoms with Gasteiger partial charge >= 0.3 is 13.3 Å². The third-order valence-electron chi connectivity index (χ3n) is 5.67. The molecule has 8 heteroatoms. The number of hydrogen-bond acceptors (Lipinski definition) is 3. The average Bonchev–Trinajstić information content (AvgIpc) is 2.92. The van der Waals surface area contributed by atoms with Crippen LogP contribution in [0.2, 0.25) is 0 Å².